The van der Waals surface area contributed by atoms with Crippen LogP contribution in [0.4, 0.5) is 0 Å². The third kappa shape index (κ3) is 2.42. The summed E-state index contributed by atoms with van der Waals surface area (Å²) in [5.74, 6) is 1.91. The maximum Gasteiger partial charge on any atom is 0.164 e. The van der Waals surface area contributed by atoms with E-state index in [0.29, 0.717) is 23.2 Å². The first-order valence-electron chi connectivity index (χ1n) is 12.9. The van der Waals surface area contributed by atoms with Gasteiger partial charge in [0.1, 0.15) is 6.10 Å². The molecule has 5 aliphatic carbocycles. The minimum absolute atomic E-state index is 0.0120. The van der Waals surface area contributed by atoms with Crippen molar-refractivity contribution in [2.24, 2.45) is 50.7 Å². The molecular weight excluding hydrogens is 380 g/mol. The van der Waals surface area contributed by atoms with Crippen LogP contribution in [0.3, 0.4) is 0 Å². The van der Waals surface area contributed by atoms with Gasteiger partial charge in [-0.25, -0.2) is 0 Å². The summed E-state index contributed by atoms with van der Waals surface area (Å²) in [7, 11) is 0. The molecule has 2 nitrogen and oxygen atoms in total. The van der Waals surface area contributed by atoms with Crippen molar-refractivity contribution in [3.05, 3.63) is 24.3 Å². The zero-order chi connectivity index (χ0) is 22.6. The van der Waals surface area contributed by atoms with E-state index in [1.54, 1.807) is 0 Å². The van der Waals surface area contributed by atoms with E-state index in [1.807, 2.05) is 0 Å². The van der Waals surface area contributed by atoms with Gasteiger partial charge in [-0.2, -0.15) is 0 Å². The highest BCUT2D eigenvalue weighted by Gasteiger charge is 2.71. The Morgan fingerprint density at radius 3 is 2.19 bits per heavy atom. The summed E-state index contributed by atoms with van der Waals surface area (Å²) in [4.78, 5) is 12.8. The van der Waals surface area contributed by atoms with Crippen LogP contribution < -0.4 is 0 Å². The molecule has 4 saturated carbocycles. The van der Waals surface area contributed by atoms with Gasteiger partial charge in [0, 0.05) is 11.3 Å². The summed E-state index contributed by atoms with van der Waals surface area (Å²) in [5.41, 5.74) is 2.15. The minimum Gasteiger partial charge on any atom is -0.385 e. The van der Waals surface area contributed by atoms with E-state index in [9.17, 15) is 9.90 Å². The van der Waals surface area contributed by atoms with Gasteiger partial charge >= 0.3 is 0 Å². The van der Waals surface area contributed by atoms with E-state index in [-0.39, 0.29) is 33.4 Å². The molecule has 0 radical (unpaired) electrons. The average molecular weight is 425 g/mol. The lowest BCUT2D eigenvalue weighted by Crippen LogP contribution is -2.69. The highest BCUT2D eigenvalue weighted by molar-refractivity contribution is 5.86. The van der Waals surface area contributed by atoms with Crippen molar-refractivity contribution >= 4 is 5.78 Å². The fourth-order valence-corrected chi connectivity index (χ4v) is 10.4. The Labute approximate surface area is 190 Å². The van der Waals surface area contributed by atoms with Crippen LogP contribution in [0.25, 0.3) is 0 Å². The van der Waals surface area contributed by atoms with Crippen molar-refractivity contribution in [2.45, 2.75) is 99.0 Å². The average Bonchev–Trinajstić information content (AvgIpc) is 2.72. The van der Waals surface area contributed by atoms with Crippen LogP contribution >= 0.6 is 0 Å². The van der Waals surface area contributed by atoms with Gasteiger partial charge in [0.05, 0.1) is 0 Å². The molecule has 5 rings (SSSR count). The molecule has 0 saturated heterocycles. The number of aliphatic hydroxyl groups excluding tert-OH is 1. The van der Waals surface area contributed by atoms with Crippen LogP contribution in [0.2, 0.25) is 0 Å². The summed E-state index contributed by atoms with van der Waals surface area (Å²) in [5, 5.41) is 11.1. The van der Waals surface area contributed by atoms with E-state index in [1.165, 1.54) is 37.7 Å². The number of carbonyl (C=O) groups excluding carboxylic acids is 1. The molecule has 5 aliphatic rings. The van der Waals surface area contributed by atoms with Crippen LogP contribution in [0.1, 0.15) is 92.9 Å². The third-order valence-corrected chi connectivity index (χ3v) is 12.7. The van der Waals surface area contributed by atoms with Crippen molar-refractivity contribution in [2.75, 3.05) is 0 Å². The third-order valence-electron chi connectivity index (χ3n) is 12.7. The molecule has 10 atom stereocenters. The summed E-state index contributed by atoms with van der Waals surface area (Å²) in [6.45, 7) is 19.1. The Balaban J connectivity index is 1.57. The van der Waals surface area contributed by atoms with Gasteiger partial charge in [0.2, 0.25) is 0 Å². The lowest BCUT2D eigenvalue weighted by molar-refractivity contribution is -0.254. The fourth-order valence-electron chi connectivity index (χ4n) is 10.4. The van der Waals surface area contributed by atoms with Gasteiger partial charge in [-0.15, -0.1) is 0 Å². The van der Waals surface area contributed by atoms with E-state index in [2.05, 4.69) is 60.3 Å². The van der Waals surface area contributed by atoms with Crippen molar-refractivity contribution in [3.8, 4) is 0 Å². The molecule has 4 fully saturated rings. The monoisotopic (exact) mass is 424 g/mol. The molecule has 0 aliphatic heterocycles. The Bertz CT molecular complexity index is 857. The predicted molar refractivity (Wildman–Crippen MR) is 126 cm³/mol. The number of ketones is 1. The van der Waals surface area contributed by atoms with Gasteiger partial charge in [-0.3, -0.25) is 4.79 Å². The first-order chi connectivity index (χ1) is 14.3. The molecule has 0 spiro atoms. The summed E-state index contributed by atoms with van der Waals surface area (Å²) < 4.78 is 0. The summed E-state index contributed by atoms with van der Waals surface area (Å²) >= 11 is 0. The molecule has 0 aromatic heterocycles. The van der Waals surface area contributed by atoms with Crippen molar-refractivity contribution in [1.82, 2.24) is 0 Å². The number of Topliss-reactive ketones (excluding diaryl/α,β-unsaturated/α-hetero) is 1. The number of rotatable bonds is 0. The lowest BCUT2D eigenvalue weighted by atomic mass is 9.30. The number of allylic oxidation sites excluding steroid dienone is 3. The van der Waals surface area contributed by atoms with Gasteiger partial charge < -0.3 is 5.11 Å². The smallest absolute Gasteiger partial charge is 0.164 e. The first-order valence-corrected chi connectivity index (χ1v) is 12.9. The molecule has 0 bridgehead atoms. The number of fused-ring (bicyclic) bond motifs is 7. The van der Waals surface area contributed by atoms with Gasteiger partial charge in [-0.1, -0.05) is 60.3 Å². The molecule has 0 amide bonds. The molecule has 1 N–H and O–H groups in total. The van der Waals surface area contributed by atoms with E-state index in [0.717, 1.165) is 19.3 Å². The maximum absolute atomic E-state index is 12.8. The lowest BCUT2D eigenvalue weighted by Gasteiger charge is -2.74. The maximum atomic E-state index is 12.8. The quantitative estimate of drug-likeness (QED) is 0.468. The zero-order valence-electron chi connectivity index (χ0n) is 20.8. The van der Waals surface area contributed by atoms with Crippen LogP contribution in [0.15, 0.2) is 24.3 Å². The van der Waals surface area contributed by atoms with Crippen LogP contribution in [0.5, 0.6) is 0 Å². The number of aliphatic hydroxyl groups is 1. The first kappa shape index (κ1) is 21.9. The van der Waals surface area contributed by atoms with Crippen molar-refractivity contribution < 1.29 is 9.90 Å². The molecule has 172 valence electrons. The van der Waals surface area contributed by atoms with E-state index < -0.39 is 6.10 Å². The van der Waals surface area contributed by atoms with Crippen LogP contribution in [-0.4, -0.2) is 17.0 Å². The molecule has 0 heterocycles. The normalized spacial score (nSPS) is 58.7. The zero-order valence-corrected chi connectivity index (χ0v) is 20.8. The highest BCUT2D eigenvalue weighted by atomic mass is 16.3. The van der Waals surface area contributed by atoms with Crippen LogP contribution in [-0.2, 0) is 4.79 Å². The molecule has 31 heavy (non-hydrogen) atoms. The second kappa shape index (κ2) is 6.37. The van der Waals surface area contributed by atoms with Crippen molar-refractivity contribution in [1.29, 1.82) is 0 Å². The molecule has 0 aromatic carbocycles. The Morgan fingerprint density at radius 1 is 0.903 bits per heavy atom. The Kier molecular flexibility index (Phi) is 4.50. The van der Waals surface area contributed by atoms with E-state index >= 15 is 0 Å². The molecule has 0 aromatic rings. The second-order valence-corrected chi connectivity index (χ2v) is 13.6. The summed E-state index contributed by atoms with van der Waals surface area (Å²) in [6.07, 6.45) is 13.3. The van der Waals surface area contributed by atoms with E-state index in [4.69, 9.17) is 0 Å². The Hall–Kier alpha value is -0.890. The molecule has 2 heteroatoms. The Morgan fingerprint density at radius 2 is 1.52 bits per heavy atom. The largest absolute Gasteiger partial charge is 0.385 e. The second-order valence-electron chi connectivity index (χ2n) is 13.6. The standard InChI is InChI=1S/C29H44O2/c1-18-17-22-27(5,24(31)23(18)30)14-16-28(6)21-11-12-25(3)19(2)9-8-10-20(25)26(21,4)13-15-29(22,28)7/h8-9,18,20-22,24,31H,2,10-17H2,1,3-7H3. The van der Waals surface area contributed by atoms with Gasteiger partial charge in [0.25, 0.3) is 0 Å². The predicted octanol–water partition coefficient (Wildman–Crippen LogP) is 6.73. The minimum atomic E-state index is -0.780. The van der Waals surface area contributed by atoms with Crippen molar-refractivity contribution in [3.63, 3.8) is 0 Å². The SMILES string of the molecule is C=C1C=CCC2C1(C)CCC1C2(C)CCC2(C)C3CC(C)C(=O)C(O)C3(C)CCC12C. The molecule has 10 unspecified atom stereocenters. The fraction of sp³-hybridized carbons (Fsp3) is 0.828. The highest BCUT2D eigenvalue weighted by Crippen LogP contribution is 2.77. The van der Waals surface area contributed by atoms with Gasteiger partial charge in [0.15, 0.2) is 5.78 Å². The number of hydrogen-bond donors (Lipinski definition) is 1. The topological polar surface area (TPSA) is 37.3 Å². The number of carbonyl (C=O) groups is 1. The number of hydrogen-bond acceptors (Lipinski definition) is 2. The van der Waals surface area contributed by atoms with Gasteiger partial charge in [-0.05, 0) is 96.4 Å². The molecular formula is C29H44O2. The van der Waals surface area contributed by atoms with Crippen LogP contribution in [0, 0.1) is 50.7 Å². The summed E-state index contributed by atoms with van der Waals surface area (Å²) in [6, 6.07) is 0.